The molecule has 0 saturated heterocycles. The molecule has 0 aliphatic heterocycles. The van der Waals surface area contributed by atoms with Gasteiger partial charge in [-0.15, -0.1) is 5.11 Å². The number of rotatable bonds is 12. The minimum absolute atomic E-state index is 0.101. The third kappa shape index (κ3) is 10.0. The molecule has 17 nitrogen and oxygen atoms in total. The summed E-state index contributed by atoms with van der Waals surface area (Å²) < 4.78 is 66.3. The summed E-state index contributed by atoms with van der Waals surface area (Å²) in [6.07, 6.45) is 0. The van der Waals surface area contributed by atoms with E-state index in [9.17, 15) is 35.5 Å². The highest BCUT2D eigenvalue weighted by molar-refractivity contribution is 9.12. The minimum atomic E-state index is -4.74. The van der Waals surface area contributed by atoms with Crippen molar-refractivity contribution >= 4 is 132 Å². The fourth-order valence-electron chi connectivity index (χ4n) is 4.47. The Morgan fingerprint density at radius 1 is 0.788 bits per heavy atom. The van der Waals surface area contributed by atoms with Gasteiger partial charge in [0.05, 0.1) is 22.0 Å². The van der Waals surface area contributed by atoms with E-state index in [2.05, 4.69) is 78.3 Å². The SMILES string of the molecule is CC(=O)Nc1cc(Nc2nc(Cl)nc(Nc3cc(NC(=O)C(Br)CBr)ccc3S(=O)(=O)O)n2)ccc1N=Nc1ccc2cc(S(=O)(=O)O)ccc2c1. The molecule has 52 heavy (non-hydrogen) atoms. The van der Waals surface area contributed by atoms with Crippen LogP contribution in [0.15, 0.2) is 92.8 Å². The maximum absolute atomic E-state index is 12.4. The van der Waals surface area contributed by atoms with Gasteiger partial charge in [0.15, 0.2) is 0 Å². The molecule has 5 aromatic rings. The average Bonchev–Trinajstić information content (AvgIpc) is 3.05. The van der Waals surface area contributed by atoms with Gasteiger partial charge >= 0.3 is 0 Å². The van der Waals surface area contributed by atoms with Crippen LogP contribution in [0.25, 0.3) is 10.8 Å². The van der Waals surface area contributed by atoms with Gasteiger partial charge in [-0.05, 0) is 83.0 Å². The maximum atomic E-state index is 12.4. The number of benzene rings is 4. The van der Waals surface area contributed by atoms with Crippen LogP contribution in [0.3, 0.4) is 0 Å². The van der Waals surface area contributed by atoms with E-state index in [-0.39, 0.29) is 44.8 Å². The molecule has 0 spiro atoms. The van der Waals surface area contributed by atoms with Crippen LogP contribution in [0.1, 0.15) is 6.92 Å². The normalized spacial score (nSPS) is 12.4. The Labute approximate surface area is 317 Å². The number of aromatic nitrogens is 3. The van der Waals surface area contributed by atoms with Crippen LogP contribution < -0.4 is 21.3 Å². The number of carbonyl (C=O) groups excluding carboxylic acids is 2. The van der Waals surface area contributed by atoms with Crippen molar-refractivity contribution in [3.05, 3.63) is 78.1 Å². The summed E-state index contributed by atoms with van der Waals surface area (Å²) in [6.45, 7) is 1.30. The standard InChI is InChI=1S/C30H24Br2ClN9O8S2/c1-15(43)34-24-12-19(5-8-23(24)42-41-20-4-2-17-11-21(51(45,46)47)7-3-16(17)10-20)36-29-38-28(33)39-30(40-29)37-25-13-18(35-27(44)22(32)14-31)6-9-26(25)52(48,49)50/h2-13,22H,14H2,1H3,(H,34,43)(H,35,44)(H,45,46,47)(H,48,49,50)(H2,36,37,38,39,40). The van der Waals surface area contributed by atoms with Gasteiger partial charge in [-0.25, -0.2) is 0 Å². The summed E-state index contributed by atoms with van der Waals surface area (Å²) in [4.78, 5) is 35.3. The first-order valence-electron chi connectivity index (χ1n) is 14.4. The third-order valence-electron chi connectivity index (χ3n) is 6.73. The molecule has 0 radical (unpaired) electrons. The lowest BCUT2D eigenvalue weighted by Crippen LogP contribution is -2.23. The summed E-state index contributed by atoms with van der Waals surface area (Å²) in [5.41, 5.74) is 1.30. The molecular formula is C30H24Br2ClN9O8S2. The number of halogens is 3. The predicted molar refractivity (Wildman–Crippen MR) is 201 cm³/mol. The van der Waals surface area contributed by atoms with Gasteiger partial charge in [0.2, 0.25) is 29.0 Å². The number of hydrogen-bond donors (Lipinski definition) is 6. The molecule has 5 rings (SSSR count). The van der Waals surface area contributed by atoms with Gasteiger partial charge in [0.1, 0.15) is 15.4 Å². The van der Waals surface area contributed by atoms with Crippen molar-refractivity contribution in [1.29, 1.82) is 0 Å². The van der Waals surface area contributed by atoms with Gasteiger partial charge in [0, 0.05) is 23.6 Å². The fourth-order valence-corrected chi connectivity index (χ4v) is 6.18. The molecule has 0 saturated carbocycles. The first-order valence-corrected chi connectivity index (χ1v) is 19.7. The van der Waals surface area contributed by atoms with E-state index < -0.39 is 41.8 Å². The second-order valence-corrected chi connectivity index (χ2v) is 15.5. The lowest BCUT2D eigenvalue weighted by atomic mass is 10.1. The molecule has 270 valence electrons. The Morgan fingerprint density at radius 2 is 1.44 bits per heavy atom. The van der Waals surface area contributed by atoms with E-state index in [4.69, 9.17) is 11.6 Å². The van der Waals surface area contributed by atoms with Crippen LogP contribution in [0, 0.1) is 0 Å². The quantitative estimate of drug-likeness (QED) is 0.0415. The molecule has 1 atom stereocenters. The lowest BCUT2D eigenvalue weighted by molar-refractivity contribution is -0.115. The van der Waals surface area contributed by atoms with Crippen molar-refractivity contribution in [3.8, 4) is 0 Å². The van der Waals surface area contributed by atoms with Gasteiger partial charge in [0.25, 0.3) is 20.2 Å². The van der Waals surface area contributed by atoms with E-state index in [0.29, 0.717) is 27.5 Å². The van der Waals surface area contributed by atoms with Crippen molar-refractivity contribution in [1.82, 2.24) is 15.0 Å². The number of hydrogen-bond acceptors (Lipinski definition) is 13. The van der Waals surface area contributed by atoms with Gasteiger partial charge in [-0.3, -0.25) is 18.7 Å². The van der Waals surface area contributed by atoms with Crippen molar-refractivity contribution in [2.24, 2.45) is 10.2 Å². The summed E-state index contributed by atoms with van der Waals surface area (Å²) in [6, 6.07) is 17.2. The number of carbonyl (C=O) groups is 2. The lowest BCUT2D eigenvalue weighted by Gasteiger charge is -2.14. The zero-order chi connectivity index (χ0) is 37.8. The Kier molecular flexibility index (Phi) is 11.8. The molecule has 0 fully saturated rings. The average molecular weight is 898 g/mol. The van der Waals surface area contributed by atoms with Crippen molar-refractivity contribution in [2.45, 2.75) is 21.5 Å². The Hall–Kier alpha value is -4.64. The second kappa shape index (κ2) is 15.9. The summed E-state index contributed by atoms with van der Waals surface area (Å²) in [5.74, 6) is -1.16. The minimum Gasteiger partial charge on any atom is -0.325 e. The largest absolute Gasteiger partial charge is 0.325 e. The Balaban J connectivity index is 1.40. The molecule has 1 aromatic heterocycles. The van der Waals surface area contributed by atoms with E-state index in [0.717, 1.165) is 6.07 Å². The van der Waals surface area contributed by atoms with Crippen molar-refractivity contribution < 1.29 is 35.5 Å². The fraction of sp³-hybridized carbons (Fsp3) is 0.100. The molecule has 4 aromatic carbocycles. The third-order valence-corrected chi connectivity index (χ3v) is 10.9. The van der Waals surface area contributed by atoms with E-state index in [1.807, 2.05) is 0 Å². The summed E-state index contributed by atoms with van der Waals surface area (Å²) in [5, 5.41) is 20.6. The van der Waals surface area contributed by atoms with Crippen molar-refractivity contribution in [3.63, 3.8) is 0 Å². The van der Waals surface area contributed by atoms with Gasteiger partial charge in [-0.1, -0.05) is 44.0 Å². The van der Waals surface area contributed by atoms with Crippen LogP contribution in [0.2, 0.25) is 5.28 Å². The molecule has 1 unspecified atom stereocenters. The van der Waals surface area contributed by atoms with Gasteiger partial charge < -0.3 is 21.3 Å². The first kappa shape index (κ1) is 38.6. The zero-order valence-corrected chi connectivity index (χ0v) is 31.8. The van der Waals surface area contributed by atoms with E-state index >= 15 is 0 Å². The van der Waals surface area contributed by atoms with Crippen LogP contribution in [0.5, 0.6) is 0 Å². The predicted octanol–water partition coefficient (Wildman–Crippen LogP) is 7.13. The highest BCUT2D eigenvalue weighted by Gasteiger charge is 2.20. The van der Waals surface area contributed by atoms with E-state index in [1.54, 1.807) is 30.3 Å². The van der Waals surface area contributed by atoms with Crippen LogP contribution >= 0.6 is 43.5 Å². The molecule has 22 heteroatoms. The molecule has 1 heterocycles. The molecule has 6 N–H and O–H groups in total. The molecule has 0 aliphatic carbocycles. The highest BCUT2D eigenvalue weighted by atomic mass is 79.9. The van der Waals surface area contributed by atoms with Crippen LogP contribution in [0.4, 0.5) is 46.0 Å². The van der Waals surface area contributed by atoms with Gasteiger partial charge in [-0.2, -0.15) is 36.9 Å². The van der Waals surface area contributed by atoms with E-state index in [1.165, 1.54) is 43.3 Å². The smallest absolute Gasteiger partial charge is 0.296 e. The van der Waals surface area contributed by atoms with Crippen LogP contribution in [-0.2, 0) is 29.8 Å². The molecule has 0 aliphatic rings. The molecular weight excluding hydrogens is 874 g/mol. The summed E-state index contributed by atoms with van der Waals surface area (Å²) >= 11 is 12.5. The number of nitrogens with one attached hydrogen (secondary N) is 4. The Bertz CT molecular complexity index is 2480. The highest BCUT2D eigenvalue weighted by Crippen LogP contribution is 2.33. The molecule has 2 amide bonds. The van der Waals surface area contributed by atoms with Crippen LogP contribution in [-0.4, -0.2) is 62.9 Å². The number of nitrogens with zero attached hydrogens (tertiary/aromatic N) is 5. The summed E-state index contributed by atoms with van der Waals surface area (Å²) in [7, 11) is -9.10. The number of alkyl halides is 2. The monoisotopic (exact) mass is 895 g/mol. The number of azo groups is 1. The maximum Gasteiger partial charge on any atom is 0.296 e. The topological polar surface area (TPSA) is 254 Å². The number of anilines is 6. The Morgan fingerprint density at radius 3 is 2.12 bits per heavy atom. The first-order chi connectivity index (χ1) is 24.5. The number of amides is 2. The number of fused-ring (bicyclic) bond motifs is 1. The second-order valence-electron chi connectivity index (χ2n) is 10.6. The van der Waals surface area contributed by atoms with Crippen molar-refractivity contribution in [2.75, 3.05) is 26.6 Å². The zero-order valence-electron chi connectivity index (χ0n) is 26.2. The molecule has 0 bridgehead atoms.